The van der Waals surface area contributed by atoms with Crippen molar-refractivity contribution in [3.8, 4) is 0 Å². The number of esters is 1. The Morgan fingerprint density at radius 2 is 1.64 bits per heavy atom. The normalized spacial score (nSPS) is 25.5. The first-order valence-corrected chi connectivity index (χ1v) is 8.29. The van der Waals surface area contributed by atoms with Gasteiger partial charge in [0, 0.05) is 4.92 Å². The van der Waals surface area contributed by atoms with Gasteiger partial charge in [0.15, 0.2) is 0 Å². The van der Waals surface area contributed by atoms with Gasteiger partial charge in [0.25, 0.3) is 0 Å². The average molecular weight is 340 g/mol. The summed E-state index contributed by atoms with van der Waals surface area (Å²) in [5.41, 5.74) is 1.55. The number of carbonyl (C=O) groups excluding carboxylic acids is 1. The van der Waals surface area contributed by atoms with Gasteiger partial charge in [-0.05, 0) is 18.1 Å². The number of hydrogen-bond donors (Lipinski definition) is 1. The van der Waals surface area contributed by atoms with E-state index in [0.29, 0.717) is 0 Å². The van der Waals surface area contributed by atoms with Crippen molar-refractivity contribution in [3.63, 3.8) is 0 Å². The predicted molar refractivity (Wildman–Crippen MR) is 92.7 cm³/mol. The Morgan fingerprint density at radius 1 is 1.08 bits per heavy atom. The highest BCUT2D eigenvalue weighted by Crippen LogP contribution is 2.40. The van der Waals surface area contributed by atoms with Gasteiger partial charge >= 0.3 is 5.97 Å². The van der Waals surface area contributed by atoms with Crippen LogP contribution >= 0.6 is 0 Å². The minimum atomic E-state index is -0.959. The molecule has 0 amide bonds. The van der Waals surface area contributed by atoms with Gasteiger partial charge in [-0.15, -0.1) is 0 Å². The molecular weight excluding hydrogens is 320 g/mol. The third-order valence-corrected chi connectivity index (χ3v) is 4.55. The maximum atomic E-state index is 12.5. The zero-order valence-corrected chi connectivity index (χ0v) is 13.9. The Morgan fingerprint density at radius 3 is 2.16 bits per heavy atom. The smallest absolute Gasteiger partial charge is 0.324 e. The third-order valence-electron chi connectivity index (χ3n) is 4.55. The Labute approximate surface area is 146 Å². The minimum Gasteiger partial charge on any atom is -0.465 e. The molecule has 6 nitrogen and oxygen atoms in total. The molecule has 0 bridgehead atoms. The largest absolute Gasteiger partial charge is 0.465 e. The summed E-state index contributed by atoms with van der Waals surface area (Å²) in [4.78, 5) is 24.1. The van der Waals surface area contributed by atoms with Crippen LogP contribution in [-0.2, 0) is 9.53 Å². The van der Waals surface area contributed by atoms with Crippen LogP contribution in [0.5, 0.6) is 0 Å². The zero-order valence-electron chi connectivity index (χ0n) is 13.9. The summed E-state index contributed by atoms with van der Waals surface area (Å²) in [5.74, 6) is -1.05. The molecule has 2 aromatic carbocycles. The number of nitrogens with zero attached hydrogens (tertiary/aromatic N) is 1. The second-order valence-electron chi connectivity index (χ2n) is 6.00. The minimum absolute atomic E-state index is 0.234. The summed E-state index contributed by atoms with van der Waals surface area (Å²) < 4.78 is 5.17. The number of benzene rings is 2. The van der Waals surface area contributed by atoms with Gasteiger partial charge < -0.3 is 4.74 Å². The predicted octanol–water partition coefficient (Wildman–Crippen LogP) is 2.69. The lowest BCUT2D eigenvalue weighted by atomic mass is 9.85. The van der Waals surface area contributed by atoms with Gasteiger partial charge in [-0.25, -0.2) is 0 Å². The zero-order chi connectivity index (χ0) is 17.8. The van der Waals surface area contributed by atoms with E-state index in [1.165, 1.54) is 0 Å². The Bertz CT molecular complexity index is 736. The van der Waals surface area contributed by atoms with Crippen LogP contribution in [0, 0.1) is 10.1 Å². The van der Waals surface area contributed by atoms with Crippen molar-refractivity contribution in [1.82, 2.24) is 5.32 Å². The molecule has 0 saturated carbocycles. The lowest BCUT2D eigenvalue weighted by Gasteiger charge is -2.19. The van der Waals surface area contributed by atoms with E-state index in [4.69, 9.17) is 4.74 Å². The van der Waals surface area contributed by atoms with Crippen molar-refractivity contribution >= 4 is 5.97 Å². The van der Waals surface area contributed by atoms with Gasteiger partial charge in [-0.2, -0.15) is 0 Å². The molecule has 1 aliphatic rings. The summed E-state index contributed by atoms with van der Waals surface area (Å²) in [6, 6.07) is 16.1. The third kappa shape index (κ3) is 3.39. The maximum absolute atomic E-state index is 12.5. The average Bonchev–Trinajstić information content (AvgIpc) is 3.04. The lowest BCUT2D eigenvalue weighted by molar-refractivity contribution is -0.527. The van der Waals surface area contributed by atoms with Crippen LogP contribution in [0.15, 0.2) is 60.7 Å². The van der Waals surface area contributed by atoms with Crippen molar-refractivity contribution in [2.75, 3.05) is 6.61 Å². The molecule has 2 aromatic rings. The monoisotopic (exact) mass is 340 g/mol. The van der Waals surface area contributed by atoms with Crippen LogP contribution < -0.4 is 5.32 Å². The van der Waals surface area contributed by atoms with Crippen LogP contribution in [0.25, 0.3) is 0 Å². The van der Waals surface area contributed by atoms with E-state index in [0.717, 1.165) is 11.1 Å². The SMILES string of the molecule is CCOC(=O)[C@@H]1N[C@H](c2ccccc2)[C@@H]([N+](=O)[O-])[C@@H]1c1ccccc1. The number of rotatable bonds is 5. The molecule has 4 atom stereocenters. The molecule has 1 saturated heterocycles. The summed E-state index contributed by atoms with van der Waals surface area (Å²) in [5, 5.41) is 15.1. The van der Waals surface area contributed by atoms with Crippen molar-refractivity contribution in [3.05, 3.63) is 81.9 Å². The summed E-state index contributed by atoms with van der Waals surface area (Å²) >= 11 is 0. The molecule has 6 heteroatoms. The molecule has 1 N–H and O–H groups in total. The summed E-state index contributed by atoms with van der Waals surface area (Å²) in [6.07, 6.45) is 0. The molecule has 1 heterocycles. The highest BCUT2D eigenvalue weighted by atomic mass is 16.6. The molecule has 1 fully saturated rings. The number of nitrogens with one attached hydrogen (secondary N) is 1. The molecule has 25 heavy (non-hydrogen) atoms. The first-order chi connectivity index (χ1) is 12.1. The van der Waals surface area contributed by atoms with Crippen LogP contribution in [0.1, 0.15) is 30.0 Å². The molecule has 0 aromatic heterocycles. The van der Waals surface area contributed by atoms with Crippen LogP contribution in [0.4, 0.5) is 0 Å². The maximum Gasteiger partial charge on any atom is 0.324 e. The highest BCUT2D eigenvalue weighted by Gasteiger charge is 2.54. The molecular formula is C19H20N2O4. The van der Waals surface area contributed by atoms with Gasteiger partial charge in [-0.3, -0.25) is 20.2 Å². The van der Waals surface area contributed by atoms with Gasteiger partial charge in [-0.1, -0.05) is 60.7 Å². The molecule has 130 valence electrons. The van der Waals surface area contributed by atoms with Crippen molar-refractivity contribution in [2.45, 2.75) is 31.0 Å². The second-order valence-corrected chi connectivity index (χ2v) is 6.00. The second kappa shape index (κ2) is 7.44. The van der Waals surface area contributed by atoms with Gasteiger partial charge in [0.1, 0.15) is 12.1 Å². The molecule has 3 rings (SSSR count). The summed E-state index contributed by atoms with van der Waals surface area (Å²) in [7, 11) is 0. The van der Waals surface area contributed by atoms with E-state index in [2.05, 4.69) is 5.32 Å². The topological polar surface area (TPSA) is 81.5 Å². The number of ether oxygens (including phenoxy) is 1. The Balaban J connectivity index is 2.05. The van der Waals surface area contributed by atoms with Crippen LogP contribution in [-0.4, -0.2) is 29.6 Å². The van der Waals surface area contributed by atoms with Crippen molar-refractivity contribution < 1.29 is 14.5 Å². The Hall–Kier alpha value is -2.73. The van der Waals surface area contributed by atoms with Crippen molar-refractivity contribution in [1.29, 1.82) is 0 Å². The first kappa shape index (κ1) is 17.1. The molecule has 0 unspecified atom stereocenters. The molecule has 0 aliphatic carbocycles. The highest BCUT2D eigenvalue weighted by molar-refractivity contribution is 5.78. The lowest BCUT2D eigenvalue weighted by Crippen LogP contribution is -2.37. The van der Waals surface area contributed by atoms with Crippen molar-refractivity contribution in [2.24, 2.45) is 0 Å². The van der Waals surface area contributed by atoms with E-state index in [1.807, 2.05) is 60.7 Å². The Kier molecular flexibility index (Phi) is 5.09. The number of hydrogen-bond acceptors (Lipinski definition) is 5. The van der Waals surface area contributed by atoms with Crippen LogP contribution in [0.2, 0.25) is 0 Å². The van der Waals surface area contributed by atoms with E-state index in [-0.39, 0.29) is 11.5 Å². The summed E-state index contributed by atoms with van der Waals surface area (Å²) in [6.45, 7) is 1.96. The van der Waals surface area contributed by atoms with Gasteiger partial charge in [0.05, 0.1) is 12.5 Å². The molecule has 0 spiro atoms. The standard InChI is InChI=1S/C19H20N2O4/c1-2-25-19(22)17-15(13-9-5-3-6-10-13)18(21(23)24)16(20-17)14-11-7-4-8-12-14/h3-12,15-18,20H,2H2,1H3/t15-,16-,17-,18+/m1/s1. The fourth-order valence-electron chi connectivity index (χ4n) is 3.52. The van der Waals surface area contributed by atoms with E-state index in [1.54, 1.807) is 6.92 Å². The molecule has 0 radical (unpaired) electrons. The van der Waals surface area contributed by atoms with Gasteiger partial charge in [0.2, 0.25) is 6.04 Å². The quantitative estimate of drug-likeness (QED) is 0.514. The van der Waals surface area contributed by atoms with Crippen LogP contribution in [0.3, 0.4) is 0 Å². The van der Waals surface area contributed by atoms with E-state index in [9.17, 15) is 14.9 Å². The molecule has 1 aliphatic heterocycles. The number of nitro groups is 1. The first-order valence-electron chi connectivity index (χ1n) is 8.29. The number of carbonyl (C=O) groups is 1. The van der Waals surface area contributed by atoms with E-state index >= 15 is 0 Å². The fraction of sp³-hybridized carbons (Fsp3) is 0.316. The van der Waals surface area contributed by atoms with E-state index < -0.39 is 30.0 Å². The fourth-order valence-corrected chi connectivity index (χ4v) is 3.52.